The summed E-state index contributed by atoms with van der Waals surface area (Å²) in [4.78, 5) is 3.26. The Morgan fingerprint density at radius 2 is 1.91 bits per heavy atom. The largest absolute Gasteiger partial charge is 0.359 e. The molecule has 0 radical (unpaired) electrons. The molecule has 11 heavy (non-hydrogen) atoms. The number of benzene rings is 1. The lowest BCUT2D eigenvalue weighted by atomic mass is 10.2. The van der Waals surface area contributed by atoms with Crippen molar-refractivity contribution in [3.63, 3.8) is 0 Å². The second-order valence-electron chi connectivity index (χ2n) is 2.54. The van der Waals surface area contributed by atoms with E-state index in [1.807, 2.05) is 6.07 Å². The Morgan fingerprint density at radius 1 is 1.18 bits per heavy atom. The highest BCUT2D eigenvalue weighted by Crippen LogP contribution is 2.12. The zero-order valence-corrected chi connectivity index (χ0v) is 8.01. The van der Waals surface area contributed by atoms with Crippen LogP contribution in [0.1, 0.15) is 5.69 Å². The molecule has 0 unspecified atom stereocenters. The minimum absolute atomic E-state index is 0. The highest BCUT2D eigenvalue weighted by Gasteiger charge is 1.92. The Bertz CT molecular complexity index is 318. The molecule has 0 aliphatic heterocycles. The average molecular weight is 212 g/mol. The van der Waals surface area contributed by atoms with Crippen molar-refractivity contribution in [2.75, 3.05) is 0 Å². The first kappa shape index (κ1) is 8.34. The van der Waals surface area contributed by atoms with E-state index in [0.717, 1.165) is 0 Å². The van der Waals surface area contributed by atoms with Crippen LogP contribution in [-0.2, 0) is 0 Å². The number of rotatable bonds is 0. The van der Waals surface area contributed by atoms with E-state index in [-0.39, 0.29) is 17.0 Å². The molecule has 58 valence electrons. The predicted octanol–water partition coefficient (Wildman–Crippen LogP) is 3.05. The van der Waals surface area contributed by atoms with Gasteiger partial charge in [0, 0.05) is 11.2 Å². The number of nitrogens with one attached hydrogen (secondary N) is 1. The quantitative estimate of drug-likeness (QED) is 0.690. The van der Waals surface area contributed by atoms with Gasteiger partial charge >= 0.3 is 0 Å². The first-order valence-corrected chi connectivity index (χ1v) is 3.40. The smallest absolute Gasteiger partial charge is 0.0455 e. The van der Waals surface area contributed by atoms with Gasteiger partial charge < -0.3 is 4.98 Å². The number of hydrogen-bond acceptors (Lipinski definition) is 0. The molecule has 0 aliphatic carbocycles. The fraction of sp³-hybridized carbons (Fsp3) is 0.111. The Balaban J connectivity index is 0.000000605. The molecule has 0 amide bonds. The molecule has 1 heterocycles. The van der Waals surface area contributed by atoms with E-state index >= 15 is 0 Å². The number of fused-ring (bicyclic) bond motifs is 1. The van der Waals surface area contributed by atoms with Crippen LogP contribution in [0.4, 0.5) is 0 Å². The van der Waals surface area contributed by atoms with E-state index in [4.69, 9.17) is 0 Å². The molecule has 0 spiro atoms. The van der Waals surface area contributed by atoms with E-state index in [2.05, 4.69) is 36.2 Å². The van der Waals surface area contributed by atoms with E-state index < -0.39 is 0 Å². The summed E-state index contributed by atoms with van der Waals surface area (Å²) in [6, 6.07) is 10.4. The van der Waals surface area contributed by atoms with Gasteiger partial charge in [-0.3, -0.25) is 0 Å². The molecule has 0 aliphatic rings. The van der Waals surface area contributed by atoms with Gasteiger partial charge in [-0.25, -0.2) is 0 Å². The number of H-pyrrole nitrogens is 1. The van der Waals surface area contributed by atoms with Crippen molar-refractivity contribution in [1.29, 1.82) is 0 Å². The highest BCUT2D eigenvalue weighted by molar-refractivity contribution is 8.93. The van der Waals surface area contributed by atoms with Crippen LogP contribution in [0.3, 0.4) is 0 Å². The minimum Gasteiger partial charge on any atom is -0.359 e. The summed E-state index contributed by atoms with van der Waals surface area (Å²) in [5, 5.41) is 1.29. The van der Waals surface area contributed by atoms with Gasteiger partial charge in [0.15, 0.2) is 0 Å². The average Bonchev–Trinajstić information content (AvgIpc) is 2.27. The van der Waals surface area contributed by atoms with Crippen molar-refractivity contribution >= 4 is 27.9 Å². The SMILES string of the molecule is Br.Cc1cc2ccccc2[nH]1. The molecule has 0 saturated carbocycles. The third-order valence-electron chi connectivity index (χ3n) is 1.66. The highest BCUT2D eigenvalue weighted by atomic mass is 79.9. The molecule has 1 N–H and O–H groups in total. The standard InChI is InChI=1S/C9H9N.BrH/c1-7-6-8-4-2-3-5-9(8)10-7;/h2-6,10H,1H3;1H. The maximum Gasteiger partial charge on any atom is 0.0455 e. The van der Waals surface area contributed by atoms with Crippen LogP contribution in [0.15, 0.2) is 30.3 Å². The van der Waals surface area contributed by atoms with Gasteiger partial charge in [-0.1, -0.05) is 18.2 Å². The van der Waals surface area contributed by atoms with Crippen molar-refractivity contribution in [1.82, 2.24) is 4.98 Å². The minimum atomic E-state index is 0. The van der Waals surface area contributed by atoms with Gasteiger partial charge in [-0.05, 0) is 24.4 Å². The summed E-state index contributed by atoms with van der Waals surface area (Å²) in [5.74, 6) is 0. The van der Waals surface area contributed by atoms with Crippen molar-refractivity contribution in [3.8, 4) is 0 Å². The first-order valence-electron chi connectivity index (χ1n) is 3.40. The Kier molecular flexibility index (Phi) is 2.35. The lowest BCUT2D eigenvalue weighted by Crippen LogP contribution is -1.65. The third kappa shape index (κ3) is 1.46. The van der Waals surface area contributed by atoms with Crippen molar-refractivity contribution in [3.05, 3.63) is 36.0 Å². The van der Waals surface area contributed by atoms with E-state index in [9.17, 15) is 0 Å². The van der Waals surface area contributed by atoms with E-state index in [1.165, 1.54) is 16.6 Å². The molecule has 2 heteroatoms. The summed E-state index contributed by atoms with van der Waals surface area (Å²) < 4.78 is 0. The first-order chi connectivity index (χ1) is 4.86. The number of halogens is 1. The molecule has 2 rings (SSSR count). The Labute approximate surface area is 76.2 Å². The summed E-state index contributed by atoms with van der Waals surface area (Å²) in [5.41, 5.74) is 2.45. The molecular weight excluding hydrogens is 202 g/mol. The van der Waals surface area contributed by atoms with Gasteiger partial charge in [-0.2, -0.15) is 0 Å². The van der Waals surface area contributed by atoms with Gasteiger partial charge in [0.05, 0.1) is 0 Å². The van der Waals surface area contributed by atoms with Crippen LogP contribution < -0.4 is 0 Å². The Hall–Kier alpha value is -0.760. The second kappa shape index (κ2) is 3.09. The van der Waals surface area contributed by atoms with Crippen LogP contribution in [0.25, 0.3) is 10.9 Å². The normalized spacial score (nSPS) is 9.55. The van der Waals surface area contributed by atoms with Crippen molar-refractivity contribution < 1.29 is 0 Å². The molecule has 1 aromatic carbocycles. The number of aryl methyl sites for hydroxylation is 1. The lowest BCUT2D eigenvalue weighted by molar-refractivity contribution is 1.30. The van der Waals surface area contributed by atoms with E-state index in [0.29, 0.717) is 0 Å². The fourth-order valence-corrected chi connectivity index (χ4v) is 1.22. The summed E-state index contributed by atoms with van der Waals surface area (Å²) in [6.07, 6.45) is 0. The number of hydrogen-bond donors (Lipinski definition) is 1. The monoisotopic (exact) mass is 211 g/mol. The van der Waals surface area contributed by atoms with Gasteiger partial charge in [-0.15, -0.1) is 17.0 Å². The molecule has 0 saturated heterocycles. The zero-order chi connectivity index (χ0) is 6.97. The van der Waals surface area contributed by atoms with Crippen LogP contribution in [0, 0.1) is 6.92 Å². The van der Waals surface area contributed by atoms with Gasteiger partial charge in [0.2, 0.25) is 0 Å². The van der Waals surface area contributed by atoms with Crippen molar-refractivity contribution in [2.24, 2.45) is 0 Å². The fourth-order valence-electron chi connectivity index (χ4n) is 1.22. The molecule has 0 bridgehead atoms. The maximum atomic E-state index is 3.26. The zero-order valence-electron chi connectivity index (χ0n) is 6.29. The second-order valence-corrected chi connectivity index (χ2v) is 2.54. The summed E-state index contributed by atoms with van der Waals surface area (Å²) >= 11 is 0. The summed E-state index contributed by atoms with van der Waals surface area (Å²) in [7, 11) is 0. The van der Waals surface area contributed by atoms with Crippen LogP contribution >= 0.6 is 17.0 Å². The van der Waals surface area contributed by atoms with Crippen LogP contribution in [0.5, 0.6) is 0 Å². The van der Waals surface area contributed by atoms with Gasteiger partial charge in [0.1, 0.15) is 0 Å². The van der Waals surface area contributed by atoms with E-state index in [1.54, 1.807) is 0 Å². The molecule has 0 fully saturated rings. The molecule has 1 nitrogen and oxygen atoms in total. The maximum absolute atomic E-state index is 3.26. The number of aromatic amines is 1. The molecule has 0 atom stereocenters. The molecular formula is C9H10BrN. The topological polar surface area (TPSA) is 15.8 Å². The third-order valence-corrected chi connectivity index (χ3v) is 1.66. The molecule has 1 aromatic heterocycles. The lowest BCUT2D eigenvalue weighted by Gasteiger charge is -1.83. The van der Waals surface area contributed by atoms with Gasteiger partial charge in [0.25, 0.3) is 0 Å². The summed E-state index contributed by atoms with van der Waals surface area (Å²) in [6.45, 7) is 2.07. The number of aromatic nitrogens is 1. The van der Waals surface area contributed by atoms with Crippen LogP contribution in [-0.4, -0.2) is 4.98 Å². The Morgan fingerprint density at radius 3 is 2.64 bits per heavy atom. The van der Waals surface area contributed by atoms with Crippen molar-refractivity contribution in [2.45, 2.75) is 6.92 Å². The van der Waals surface area contributed by atoms with Crippen LogP contribution in [0.2, 0.25) is 0 Å². The predicted molar refractivity (Wildman–Crippen MR) is 53.4 cm³/mol. The molecule has 2 aromatic rings. The number of para-hydroxylation sites is 1.